The number of methoxy groups -OCH3 is 1. The number of benzene rings is 2. The molecule has 2 N–H and O–H groups in total. The van der Waals surface area contributed by atoms with Crippen LogP contribution in [0.25, 0.3) is 0 Å². The molecule has 2 aromatic carbocycles. The Morgan fingerprint density at radius 3 is 2.59 bits per heavy atom. The van der Waals surface area contributed by atoms with Gasteiger partial charge in [-0.05, 0) is 30.2 Å². The van der Waals surface area contributed by atoms with Gasteiger partial charge in [0.1, 0.15) is 12.4 Å². The van der Waals surface area contributed by atoms with E-state index in [1.807, 2.05) is 30.3 Å². The van der Waals surface area contributed by atoms with Crippen LogP contribution in [0, 0.1) is 0 Å². The first-order valence-electron chi connectivity index (χ1n) is 11.0. The maximum Gasteiger partial charge on any atom is 0.413 e. The van der Waals surface area contributed by atoms with Crippen LogP contribution < -0.4 is 15.4 Å². The largest absolute Gasteiger partial charge is 0.497 e. The highest BCUT2D eigenvalue weighted by molar-refractivity contribution is 5.95. The number of carbonyl (C=O) groups is 2. The van der Waals surface area contributed by atoms with E-state index in [0.29, 0.717) is 24.3 Å². The van der Waals surface area contributed by atoms with Gasteiger partial charge in [-0.2, -0.15) is 0 Å². The minimum atomic E-state index is -0.921. The number of nitrogens with zero attached hydrogens (tertiary/aromatic N) is 2. The van der Waals surface area contributed by atoms with Gasteiger partial charge in [0, 0.05) is 44.7 Å². The fourth-order valence-corrected chi connectivity index (χ4v) is 4.43. The van der Waals surface area contributed by atoms with Crippen LogP contribution in [0.15, 0.2) is 54.6 Å². The Balaban J connectivity index is 1.56. The molecular weight excluding hydrogens is 408 g/mol. The summed E-state index contributed by atoms with van der Waals surface area (Å²) in [6.07, 6.45) is 1.00. The van der Waals surface area contributed by atoms with E-state index in [4.69, 9.17) is 9.47 Å². The zero-order valence-electron chi connectivity index (χ0n) is 18.4. The first-order chi connectivity index (χ1) is 15.6. The summed E-state index contributed by atoms with van der Waals surface area (Å²) in [4.78, 5) is 30.3. The number of carbonyl (C=O) groups excluding carboxylic acids is 2. The monoisotopic (exact) mass is 438 g/mol. The van der Waals surface area contributed by atoms with Gasteiger partial charge in [-0.3, -0.25) is 14.6 Å². The van der Waals surface area contributed by atoms with E-state index in [-0.39, 0.29) is 12.5 Å². The van der Waals surface area contributed by atoms with Crippen molar-refractivity contribution in [2.24, 2.45) is 0 Å². The highest BCUT2D eigenvalue weighted by Crippen LogP contribution is 2.32. The van der Waals surface area contributed by atoms with Crippen LogP contribution >= 0.6 is 0 Å². The molecule has 1 unspecified atom stereocenters. The van der Waals surface area contributed by atoms with Gasteiger partial charge < -0.3 is 20.1 Å². The molecule has 32 heavy (non-hydrogen) atoms. The number of amides is 2. The summed E-state index contributed by atoms with van der Waals surface area (Å²) in [5.41, 5.74) is 1.41. The van der Waals surface area contributed by atoms with Crippen LogP contribution in [-0.4, -0.2) is 67.4 Å². The van der Waals surface area contributed by atoms with Gasteiger partial charge >= 0.3 is 6.09 Å². The van der Waals surface area contributed by atoms with Gasteiger partial charge in [0.25, 0.3) is 5.91 Å². The molecule has 0 spiro atoms. The highest BCUT2D eigenvalue weighted by Gasteiger charge is 2.50. The number of nitrogens with one attached hydrogen (secondary N) is 2. The predicted molar refractivity (Wildman–Crippen MR) is 120 cm³/mol. The summed E-state index contributed by atoms with van der Waals surface area (Å²) >= 11 is 0. The van der Waals surface area contributed by atoms with E-state index in [1.165, 1.54) is 0 Å². The van der Waals surface area contributed by atoms with Crippen molar-refractivity contribution in [3.05, 3.63) is 65.7 Å². The molecule has 0 radical (unpaired) electrons. The lowest BCUT2D eigenvalue weighted by molar-refractivity contribution is -0.0533. The molecular formula is C24H30N4O4. The van der Waals surface area contributed by atoms with Crippen molar-refractivity contribution in [2.75, 3.05) is 39.8 Å². The quantitative estimate of drug-likeness (QED) is 0.721. The second kappa shape index (κ2) is 10.0. The molecule has 2 aliphatic heterocycles. The van der Waals surface area contributed by atoms with Crippen LogP contribution in [0.1, 0.15) is 28.8 Å². The Hall–Kier alpha value is -3.10. The zero-order chi connectivity index (χ0) is 22.4. The predicted octanol–water partition coefficient (Wildman–Crippen LogP) is 2.42. The highest BCUT2D eigenvalue weighted by atomic mass is 16.6. The van der Waals surface area contributed by atoms with Crippen LogP contribution in [0.5, 0.6) is 5.75 Å². The Kier molecular flexibility index (Phi) is 6.92. The van der Waals surface area contributed by atoms with Gasteiger partial charge in [0.2, 0.25) is 0 Å². The molecule has 2 fully saturated rings. The molecule has 2 aromatic rings. The molecule has 8 nitrogen and oxygen atoms in total. The average Bonchev–Trinajstić information content (AvgIpc) is 3.28. The third-order valence-electron chi connectivity index (χ3n) is 6.06. The third-order valence-corrected chi connectivity index (χ3v) is 6.06. The fraction of sp³-hybridized carbons (Fsp3) is 0.417. The van der Waals surface area contributed by atoms with Crippen LogP contribution in [0.2, 0.25) is 0 Å². The molecule has 2 saturated heterocycles. The summed E-state index contributed by atoms with van der Waals surface area (Å²) in [6, 6.07) is 16.6. The second-order valence-corrected chi connectivity index (χ2v) is 8.04. The van der Waals surface area contributed by atoms with Gasteiger partial charge in [-0.25, -0.2) is 4.79 Å². The number of likely N-dealkylation sites (tertiary alicyclic amines) is 1. The lowest BCUT2D eigenvalue weighted by Gasteiger charge is -2.48. The van der Waals surface area contributed by atoms with Crippen molar-refractivity contribution in [1.82, 2.24) is 20.4 Å². The van der Waals surface area contributed by atoms with Crippen molar-refractivity contribution in [1.29, 1.82) is 0 Å². The fourth-order valence-electron chi connectivity index (χ4n) is 4.43. The molecule has 0 bridgehead atoms. The van der Waals surface area contributed by atoms with E-state index in [1.54, 1.807) is 36.3 Å². The Morgan fingerprint density at radius 2 is 1.84 bits per heavy atom. The molecule has 0 aromatic heterocycles. The number of hydrogen-bond acceptors (Lipinski definition) is 6. The molecule has 8 heteroatoms. The van der Waals surface area contributed by atoms with E-state index in [9.17, 15) is 9.59 Å². The summed E-state index contributed by atoms with van der Waals surface area (Å²) in [7, 11) is 1.57. The Bertz CT molecular complexity index is 933. The van der Waals surface area contributed by atoms with Crippen molar-refractivity contribution in [3.63, 3.8) is 0 Å². The molecule has 2 amide bonds. The van der Waals surface area contributed by atoms with Crippen molar-refractivity contribution >= 4 is 12.0 Å². The van der Waals surface area contributed by atoms with Gasteiger partial charge in [0.15, 0.2) is 5.79 Å². The molecule has 0 aliphatic carbocycles. The summed E-state index contributed by atoms with van der Waals surface area (Å²) < 4.78 is 10.9. The van der Waals surface area contributed by atoms with Crippen molar-refractivity contribution in [3.8, 4) is 5.75 Å². The topological polar surface area (TPSA) is 83.1 Å². The van der Waals surface area contributed by atoms with Gasteiger partial charge in [-0.1, -0.05) is 36.4 Å². The number of rotatable bonds is 6. The average molecular weight is 439 g/mol. The van der Waals surface area contributed by atoms with E-state index < -0.39 is 11.9 Å². The van der Waals surface area contributed by atoms with E-state index in [0.717, 1.165) is 38.2 Å². The van der Waals surface area contributed by atoms with Crippen molar-refractivity contribution < 1.29 is 19.1 Å². The molecule has 170 valence electrons. The molecule has 1 atom stereocenters. The van der Waals surface area contributed by atoms with Crippen LogP contribution in [0.3, 0.4) is 0 Å². The number of piperazine rings is 1. The molecule has 2 aliphatic rings. The molecule has 4 rings (SSSR count). The first-order valence-corrected chi connectivity index (χ1v) is 11.0. The van der Waals surface area contributed by atoms with Gasteiger partial charge in [0.05, 0.1) is 7.11 Å². The smallest absolute Gasteiger partial charge is 0.413 e. The first kappa shape index (κ1) is 22.1. The minimum absolute atomic E-state index is 0.192. The third kappa shape index (κ3) is 4.71. The minimum Gasteiger partial charge on any atom is -0.497 e. The molecule has 2 heterocycles. The lowest BCUT2D eigenvalue weighted by atomic mass is 10.1. The Morgan fingerprint density at radius 1 is 1.06 bits per heavy atom. The SMILES string of the molecule is COc1cccc(C(=O)NC2(N3CCNCC3)CCCN2C(=O)OCc2ccccc2)c1. The zero-order valence-corrected chi connectivity index (χ0v) is 18.4. The maximum absolute atomic E-state index is 13.3. The number of hydrogen-bond donors (Lipinski definition) is 2. The Labute approximate surface area is 188 Å². The van der Waals surface area contributed by atoms with E-state index >= 15 is 0 Å². The standard InChI is InChI=1S/C24H30N4O4/c1-31-21-10-5-9-20(17-21)22(29)26-24(27-15-12-25-13-16-27)11-6-14-28(24)23(30)32-18-19-7-3-2-4-8-19/h2-5,7-10,17,25H,6,11-16,18H2,1H3,(H,26,29). The maximum atomic E-state index is 13.3. The van der Waals surface area contributed by atoms with E-state index in [2.05, 4.69) is 15.5 Å². The number of ether oxygens (including phenoxy) is 2. The summed E-state index contributed by atoms with van der Waals surface area (Å²) in [5, 5.41) is 6.53. The van der Waals surface area contributed by atoms with Crippen LogP contribution in [0.4, 0.5) is 4.79 Å². The molecule has 0 saturated carbocycles. The summed E-state index contributed by atoms with van der Waals surface area (Å²) in [6.45, 7) is 3.75. The summed E-state index contributed by atoms with van der Waals surface area (Å²) in [5.74, 6) is -0.555. The van der Waals surface area contributed by atoms with Gasteiger partial charge in [-0.15, -0.1) is 0 Å². The second-order valence-electron chi connectivity index (χ2n) is 8.04. The lowest BCUT2D eigenvalue weighted by Crippen LogP contribution is -2.71. The van der Waals surface area contributed by atoms with Crippen LogP contribution in [-0.2, 0) is 11.3 Å². The van der Waals surface area contributed by atoms with Crippen molar-refractivity contribution in [2.45, 2.75) is 25.2 Å². The normalized spacial score (nSPS) is 21.2.